The summed E-state index contributed by atoms with van der Waals surface area (Å²) in [5.41, 5.74) is 7.80. The molecule has 3 aliphatic carbocycles. The standard InChI is InChI=1S/C34H28FNO6.C27H22FNO6.C20H20BFO6/c1-38-33(37)16-23-20-40-32-17-25(7-9-26(23)32)41-31-13-10-27-30(14-11-28(35)34(27)31)42-29-12-8-24(15-22(29)18-36)39-19-21-5-3-2-4-6-21;1-32-26(31)11-16-14-33-25-12-18(3-4-19(16)25)34-24-8-5-20-23(9-6-21(28)27(20)24)35-22-7-2-17(30)10-15(22)13-29;1-26-19(23)8-11-10-27-18-9-12(2-3-13(11)18)28-17-7-4-14-15(21(24)25)5-6-16(22)20(14)17/h2-9,11-12,14-15,17,23,31H,10,13,16,19-20H2,1H3;2-4,6-7,9-10,12,16,24,30H,5,8,11,14H2,1H3;2-3,5-6,9,11,17,24-25H,4,7-8,10H2,1H3/t23-,31-;16-,24-;11-,17-/m111/s1. The first-order chi connectivity index (χ1) is 51.0. The highest BCUT2D eigenvalue weighted by molar-refractivity contribution is 6.59. The molecule has 0 spiro atoms. The number of hydrogen-bond acceptors (Lipinski definition) is 20. The molecule has 0 unspecified atom stereocenters. The molecule has 15 rings (SSSR count). The van der Waals surface area contributed by atoms with Gasteiger partial charge in [0.25, 0.3) is 0 Å². The predicted molar refractivity (Wildman–Crippen MR) is 373 cm³/mol. The molecule has 24 heteroatoms. The van der Waals surface area contributed by atoms with Crippen LogP contribution in [0.4, 0.5) is 13.2 Å². The van der Waals surface area contributed by atoms with Crippen LogP contribution in [0.5, 0.6) is 69.0 Å². The number of fused-ring (bicyclic) bond motifs is 6. The van der Waals surface area contributed by atoms with Gasteiger partial charge in [-0.05, 0) is 128 Å². The van der Waals surface area contributed by atoms with Gasteiger partial charge in [0.15, 0.2) is 0 Å². The molecular weight excluding hydrogens is 1360 g/mol. The average molecular weight is 1430 g/mol. The second-order valence-electron chi connectivity index (χ2n) is 25.7. The number of ether oxygens (including phenoxy) is 12. The van der Waals surface area contributed by atoms with E-state index in [4.69, 9.17) is 56.8 Å². The van der Waals surface area contributed by atoms with Crippen LogP contribution in [0, 0.1) is 40.1 Å². The van der Waals surface area contributed by atoms with Gasteiger partial charge >= 0.3 is 25.0 Å². The second kappa shape index (κ2) is 31.8. The van der Waals surface area contributed by atoms with Gasteiger partial charge in [-0.1, -0.05) is 54.6 Å². The van der Waals surface area contributed by atoms with Crippen LogP contribution in [-0.4, -0.2) is 81.3 Å². The molecule has 3 aliphatic heterocycles. The van der Waals surface area contributed by atoms with E-state index in [9.17, 15) is 48.8 Å². The third-order valence-corrected chi connectivity index (χ3v) is 19.3. The molecule has 9 aromatic carbocycles. The van der Waals surface area contributed by atoms with Crippen molar-refractivity contribution in [3.63, 3.8) is 0 Å². The van der Waals surface area contributed by atoms with Gasteiger partial charge in [-0.2, -0.15) is 10.5 Å². The van der Waals surface area contributed by atoms with Crippen molar-refractivity contribution >= 4 is 30.5 Å². The minimum atomic E-state index is -1.65. The van der Waals surface area contributed by atoms with Gasteiger partial charge in [0.2, 0.25) is 0 Å². The number of esters is 3. The zero-order valence-electron chi connectivity index (χ0n) is 57.2. The number of carbonyl (C=O) groups is 3. The van der Waals surface area contributed by atoms with Crippen molar-refractivity contribution in [2.24, 2.45) is 0 Å². The maximum absolute atomic E-state index is 15.1. The molecule has 0 saturated carbocycles. The molecule has 0 radical (unpaired) electrons. The number of benzene rings is 9. The summed E-state index contributed by atoms with van der Waals surface area (Å²) in [6.07, 6.45) is 2.43. The molecule has 0 saturated heterocycles. The van der Waals surface area contributed by atoms with Crippen molar-refractivity contribution in [1.29, 1.82) is 10.5 Å². The minimum Gasteiger partial charge on any atom is -0.508 e. The molecule has 0 bridgehead atoms. The van der Waals surface area contributed by atoms with Crippen LogP contribution in [0.1, 0.15) is 141 Å². The summed E-state index contributed by atoms with van der Waals surface area (Å²) in [6.45, 7) is 1.55. The van der Waals surface area contributed by atoms with Gasteiger partial charge in [-0.25, -0.2) is 13.2 Å². The number of methoxy groups -OCH3 is 3. The molecule has 0 aromatic heterocycles. The summed E-state index contributed by atoms with van der Waals surface area (Å²) < 4.78 is 112. The number of hydrogen-bond donors (Lipinski definition) is 3. The van der Waals surface area contributed by atoms with Crippen molar-refractivity contribution in [3.8, 4) is 81.1 Å². The van der Waals surface area contributed by atoms with Crippen molar-refractivity contribution in [1.82, 2.24) is 0 Å². The lowest BCUT2D eigenvalue weighted by atomic mass is 9.76. The fourth-order valence-electron chi connectivity index (χ4n) is 14.1. The van der Waals surface area contributed by atoms with Crippen LogP contribution in [0.3, 0.4) is 0 Å². The Morgan fingerprint density at radius 3 is 1.30 bits per heavy atom. The number of halogens is 3. The number of nitriles is 2. The third kappa shape index (κ3) is 15.9. The van der Waals surface area contributed by atoms with Crippen LogP contribution in [0.25, 0.3) is 0 Å². The van der Waals surface area contributed by atoms with Crippen molar-refractivity contribution in [3.05, 3.63) is 242 Å². The van der Waals surface area contributed by atoms with E-state index in [2.05, 4.69) is 6.07 Å². The fraction of sp³-hybridized carbons (Fsp3) is 0.272. The number of aromatic hydroxyl groups is 1. The van der Waals surface area contributed by atoms with Crippen LogP contribution in [0.2, 0.25) is 0 Å². The third-order valence-electron chi connectivity index (χ3n) is 19.3. The lowest BCUT2D eigenvalue weighted by Crippen LogP contribution is -2.33. The number of rotatable bonds is 20. The Morgan fingerprint density at radius 1 is 0.476 bits per heavy atom. The number of phenols is 1. The van der Waals surface area contributed by atoms with Gasteiger partial charge in [0, 0.05) is 92.6 Å². The van der Waals surface area contributed by atoms with Gasteiger partial charge in [-0.15, -0.1) is 0 Å². The summed E-state index contributed by atoms with van der Waals surface area (Å²) in [4.78, 5) is 34.9. The van der Waals surface area contributed by atoms with E-state index < -0.39 is 37.1 Å². The topological polar surface area (TPSA) is 270 Å². The smallest absolute Gasteiger partial charge is 0.488 e. The number of nitrogens with zero attached hydrogens (tertiary/aromatic N) is 2. The Hall–Kier alpha value is -11.9. The Balaban J connectivity index is 0.000000143. The van der Waals surface area contributed by atoms with E-state index in [-0.39, 0.29) is 77.8 Å². The van der Waals surface area contributed by atoms with Crippen molar-refractivity contribution < 1.29 is 99.6 Å². The molecule has 3 heterocycles. The van der Waals surface area contributed by atoms with Crippen molar-refractivity contribution in [2.75, 3.05) is 41.2 Å². The van der Waals surface area contributed by atoms with E-state index in [0.717, 1.165) is 22.3 Å². The molecular formula is C81H70BF3N2O18. The highest BCUT2D eigenvalue weighted by Crippen LogP contribution is 2.49. The highest BCUT2D eigenvalue weighted by atomic mass is 19.1. The lowest BCUT2D eigenvalue weighted by molar-refractivity contribution is -0.142. The number of phenolic OH excluding ortho intramolecular Hbond substituents is 1. The van der Waals surface area contributed by atoms with E-state index in [0.29, 0.717) is 167 Å². The molecule has 0 fully saturated rings. The molecule has 20 nitrogen and oxygen atoms in total. The van der Waals surface area contributed by atoms with Crippen LogP contribution in [-0.2, 0) is 54.5 Å². The minimum absolute atomic E-state index is 0.0401. The van der Waals surface area contributed by atoms with Crippen LogP contribution < -0.4 is 48.1 Å². The summed E-state index contributed by atoms with van der Waals surface area (Å²) in [6, 6.07) is 48.0. The number of carbonyl (C=O) groups excluding carboxylic acids is 3. The predicted octanol–water partition coefficient (Wildman–Crippen LogP) is 14.1. The van der Waals surface area contributed by atoms with Gasteiger partial charge < -0.3 is 72.0 Å². The Morgan fingerprint density at radius 2 is 0.867 bits per heavy atom. The SMILES string of the molecule is COC(=O)C[C@@H]1COc2cc(O[C@@H]3CCc4c(B(O)O)ccc(F)c43)ccc21.COC(=O)C[C@@H]1COc2cc(O[C@@H]3CCc4c(Oc5ccc(O)cc5C#N)ccc(F)c43)ccc21.COC(=O)C[C@@H]1COc2cc(O[C@@H]3CCc4c(Oc5ccc(OCc6ccccc6)cc5C#N)ccc(F)c43)ccc21. The van der Waals surface area contributed by atoms with Gasteiger partial charge in [-0.3, -0.25) is 14.4 Å². The molecule has 536 valence electrons. The summed E-state index contributed by atoms with van der Waals surface area (Å²) in [7, 11) is 2.44. The van der Waals surface area contributed by atoms with E-state index in [1.807, 2.05) is 60.7 Å². The first-order valence-corrected chi connectivity index (χ1v) is 34.1. The van der Waals surface area contributed by atoms with Gasteiger partial charge in [0.05, 0.1) is 71.5 Å². The monoisotopic (exact) mass is 1430 g/mol. The van der Waals surface area contributed by atoms with E-state index in [1.165, 1.54) is 69.9 Å². The average Bonchev–Trinajstić information content (AvgIpc) is 1.67. The summed E-state index contributed by atoms with van der Waals surface area (Å²) >= 11 is 0. The maximum atomic E-state index is 15.1. The molecule has 105 heavy (non-hydrogen) atoms. The molecule has 9 aromatic rings. The molecule has 6 atom stereocenters. The highest BCUT2D eigenvalue weighted by Gasteiger charge is 2.37. The zero-order chi connectivity index (χ0) is 73.4. The molecule has 0 amide bonds. The lowest BCUT2D eigenvalue weighted by Gasteiger charge is -2.18. The second-order valence-corrected chi connectivity index (χ2v) is 25.7. The van der Waals surface area contributed by atoms with E-state index >= 15 is 4.39 Å². The quantitative estimate of drug-likeness (QED) is 0.0363. The summed E-state index contributed by atoms with van der Waals surface area (Å²) in [5.74, 6) is 3.36. The first-order valence-electron chi connectivity index (χ1n) is 34.1. The van der Waals surface area contributed by atoms with Crippen LogP contribution in [0.15, 0.2) is 158 Å². The first kappa shape index (κ1) is 71.5. The van der Waals surface area contributed by atoms with E-state index in [1.54, 1.807) is 54.6 Å². The summed E-state index contributed by atoms with van der Waals surface area (Å²) in [5, 5.41) is 47.8. The fourth-order valence-corrected chi connectivity index (χ4v) is 14.1. The molecule has 3 N–H and O–H groups in total. The Labute approximate surface area is 602 Å². The Kier molecular flexibility index (Phi) is 21.7. The van der Waals surface area contributed by atoms with Crippen LogP contribution >= 0.6 is 0 Å². The normalized spacial score (nSPS) is 17.7. The largest absolute Gasteiger partial charge is 0.508 e. The van der Waals surface area contributed by atoms with Gasteiger partial charge in [0.1, 0.15) is 124 Å². The van der Waals surface area contributed by atoms with Crippen molar-refractivity contribution in [2.45, 2.75) is 100 Å². The zero-order valence-corrected chi connectivity index (χ0v) is 57.2. The molecule has 6 aliphatic rings. The maximum Gasteiger partial charge on any atom is 0.488 e. The Bertz CT molecular complexity index is 4870.